The smallest absolute Gasteiger partial charge is 0.342 e. The molecule has 18 heavy (non-hydrogen) atoms. The van der Waals surface area contributed by atoms with Gasteiger partial charge in [0.05, 0.1) is 16.8 Å². The molecule has 4 nitrogen and oxygen atoms in total. The number of hydrogen-bond donors (Lipinski definition) is 1. The number of thiophene rings is 1. The van der Waals surface area contributed by atoms with Gasteiger partial charge in [0.1, 0.15) is 10.6 Å². The van der Waals surface area contributed by atoms with Gasteiger partial charge in [0, 0.05) is 16.3 Å². The first-order valence-corrected chi connectivity index (χ1v) is 7.25. The predicted octanol–water partition coefficient (Wildman–Crippen LogP) is 3.33. The molecule has 0 bridgehead atoms. The predicted molar refractivity (Wildman–Crippen MR) is 75.1 cm³/mol. The Morgan fingerprint density at radius 1 is 1.39 bits per heavy atom. The molecular weight excluding hydrogens is 268 g/mol. The summed E-state index contributed by atoms with van der Waals surface area (Å²) in [5.74, 6) is -0.385. The molecule has 2 rings (SSSR count). The number of carbonyl (C=O) groups excluding carboxylic acids is 1. The van der Waals surface area contributed by atoms with E-state index in [0.717, 1.165) is 16.3 Å². The van der Waals surface area contributed by atoms with Crippen LogP contribution in [0.3, 0.4) is 0 Å². The van der Waals surface area contributed by atoms with E-state index in [2.05, 4.69) is 4.98 Å². The van der Waals surface area contributed by atoms with E-state index in [9.17, 15) is 4.79 Å². The Hall–Kier alpha value is -1.40. The maximum Gasteiger partial charge on any atom is 0.342 e. The molecule has 0 spiro atoms. The average Bonchev–Trinajstić information content (AvgIpc) is 2.83. The first-order chi connectivity index (χ1) is 8.49. The Morgan fingerprint density at radius 3 is 2.67 bits per heavy atom. The van der Waals surface area contributed by atoms with Crippen molar-refractivity contribution < 1.29 is 9.53 Å². The second-order valence-electron chi connectivity index (χ2n) is 4.09. The van der Waals surface area contributed by atoms with Crippen molar-refractivity contribution in [2.45, 2.75) is 26.9 Å². The fourth-order valence-electron chi connectivity index (χ4n) is 1.53. The molecule has 0 aliphatic heterocycles. The van der Waals surface area contributed by atoms with E-state index < -0.39 is 0 Å². The number of ether oxygens (including phenoxy) is 1. The summed E-state index contributed by atoms with van der Waals surface area (Å²) >= 11 is 2.88. The zero-order chi connectivity index (χ0) is 13.3. The second kappa shape index (κ2) is 5.07. The maximum absolute atomic E-state index is 12.0. The van der Waals surface area contributed by atoms with Crippen molar-refractivity contribution in [1.82, 2.24) is 4.98 Å². The van der Waals surface area contributed by atoms with Crippen LogP contribution in [0.2, 0.25) is 0 Å². The molecule has 0 amide bonds. The zero-order valence-corrected chi connectivity index (χ0v) is 12.0. The molecule has 0 fully saturated rings. The van der Waals surface area contributed by atoms with Crippen LogP contribution in [-0.4, -0.2) is 17.1 Å². The van der Waals surface area contributed by atoms with Crippen LogP contribution in [0.5, 0.6) is 0 Å². The SMILES string of the molecule is Cc1nc(-c2csc(N)c2C(=O)OC(C)C)cs1. The molecule has 0 saturated carbocycles. The summed E-state index contributed by atoms with van der Waals surface area (Å²) in [5, 5.41) is 5.20. The standard InChI is InChI=1S/C12H14N2O2S2/c1-6(2)16-12(15)10-8(4-18-11(10)13)9-5-17-7(3)14-9/h4-6H,13H2,1-3H3. The minimum atomic E-state index is -0.385. The monoisotopic (exact) mass is 282 g/mol. The van der Waals surface area contributed by atoms with E-state index in [1.165, 1.54) is 11.3 Å². The van der Waals surface area contributed by atoms with Crippen LogP contribution < -0.4 is 5.73 Å². The minimum Gasteiger partial charge on any atom is -0.459 e. The molecule has 0 unspecified atom stereocenters. The van der Waals surface area contributed by atoms with Gasteiger partial charge in [-0.1, -0.05) is 0 Å². The molecule has 96 valence electrons. The second-order valence-corrected chi connectivity index (χ2v) is 6.07. The van der Waals surface area contributed by atoms with Gasteiger partial charge in [0.15, 0.2) is 0 Å². The average molecular weight is 282 g/mol. The topological polar surface area (TPSA) is 65.2 Å². The van der Waals surface area contributed by atoms with E-state index in [1.807, 2.05) is 31.5 Å². The third-order valence-corrected chi connectivity index (χ3v) is 3.85. The summed E-state index contributed by atoms with van der Waals surface area (Å²) in [7, 11) is 0. The number of nitrogens with two attached hydrogens (primary N) is 1. The summed E-state index contributed by atoms with van der Waals surface area (Å²) < 4.78 is 5.21. The van der Waals surface area contributed by atoms with Gasteiger partial charge in [0.2, 0.25) is 0 Å². The molecule has 2 N–H and O–H groups in total. The van der Waals surface area contributed by atoms with E-state index >= 15 is 0 Å². The molecule has 0 atom stereocenters. The number of hydrogen-bond acceptors (Lipinski definition) is 6. The molecule has 2 heterocycles. The van der Waals surface area contributed by atoms with Gasteiger partial charge < -0.3 is 10.5 Å². The van der Waals surface area contributed by atoms with Crippen LogP contribution >= 0.6 is 22.7 Å². The first-order valence-electron chi connectivity index (χ1n) is 5.49. The summed E-state index contributed by atoms with van der Waals surface area (Å²) in [5.41, 5.74) is 7.82. The van der Waals surface area contributed by atoms with Crippen molar-refractivity contribution >= 4 is 33.6 Å². The van der Waals surface area contributed by atoms with Crippen LogP contribution in [0.4, 0.5) is 5.00 Å². The van der Waals surface area contributed by atoms with Crippen LogP contribution in [0, 0.1) is 6.92 Å². The van der Waals surface area contributed by atoms with Crippen molar-refractivity contribution in [1.29, 1.82) is 0 Å². The quantitative estimate of drug-likeness (QED) is 0.877. The lowest BCUT2D eigenvalue weighted by molar-refractivity contribution is 0.0380. The Balaban J connectivity index is 2.41. The minimum absolute atomic E-state index is 0.165. The van der Waals surface area contributed by atoms with Gasteiger partial charge in [-0.2, -0.15) is 0 Å². The third-order valence-electron chi connectivity index (χ3n) is 2.26. The number of nitrogens with zero attached hydrogens (tertiary/aromatic N) is 1. The van der Waals surface area contributed by atoms with Crippen LogP contribution in [-0.2, 0) is 4.74 Å². The third kappa shape index (κ3) is 2.54. The van der Waals surface area contributed by atoms with Crippen molar-refractivity contribution in [3.63, 3.8) is 0 Å². The van der Waals surface area contributed by atoms with E-state index in [4.69, 9.17) is 10.5 Å². The highest BCUT2D eigenvalue weighted by atomic mass is 32.1. The number of aryl methyl sites for hydroxylation is 1. The number of thiazole rings is 1. The number of esters is 1. The molecule has 0 aliphatic rings. The lowest BCUT2D eigenvalue weighted by atomic mass is 10.1. The van der Waals surface area contributed by atoms with Gasteiger partial charge in [-0.3, -0.25) is 0 Å². The first kappa shape index (κ1) is 13.0. The van der Waals surface area contributed by atoms with Gasteiger partial charge in [0.25, 0.3) is 0 Å². The van der Waals surface area contributed by atoms with Crippen molar-refractivity contribution in [2.75, 3.05) is 5.73 Å². The number of nitrogen functional groups attached to an aromatic ring is 1. The molecule has 2 aromatic heterocycles. The summed E-state index contributed by atoms with van der Waals surface area (Å²) in [6.45, 7) is 5.55. The van der Waals surface area contributed by atoms with Crippen LogP contribution in [0.15, 0.2) is 10.8 Å². The fourth-order valence-corrected chi connectivity index (χ4v) is 2.94. The number of rotatable bonds is 3. The Morgan fingerprint density at radius 2 is 2.11 bits per heavy atom. The molecule has 0 aromatic carbocycles. The Kier molecular flexibility index (Phi) is 3.68. The maximum atomic E-state index is 12.0. The highest BCUT2D eigenvalue weighted by Crippen LogP contribution is 2.34. The largest absolute Gasteiger partial charge is 0.459 e. The summed E-state index contributed by atoms with van der Waals surface area (Å²) in [4.78, 5) is 16.4. The van der Waals surface area contributed by atoms with E-state index in [1.54, 1.807) is 11.3 Å². The van der Waals surface area contributed by atoms with Gasteiger partial charge in [-0.15, -0.1) is 22.7 Å². The van der Waals surface area contributed by atoms with Crippen molar-refractivity contribution in [2.24, 2.45) is 0 Å². The van der Waals surface area contributed by atoms with E-state index in [-0.39, 0.29) is 12.1 Å². The molecule has 0 saturated heterocycles. The van der Waals surface area contributed by atoms with Gasteiger partial charge >= 0.3 is 5.97 Å². The highest BCUT2D eigenvalue weighted by Gasteiger charge is 2.22. The number of aromatic nitrogens is 1. The Bertz CT molecular complexity index is 572. The van der Waals surface area contributed by atoms with Crippen molar-refractivity contribution in [3.05, 3.63) is 21.3 Å². The summed E-state index contributed by atoms with van der Waals surface area (Å²) in [6, 6.07) is 0. The van der Waals surface area contributed by atoms with Crippen LogP contribution in [0.1, 0.15) is 29.2 Å². The summed E-state index contributed by atoms with van der Waals surface area (Å²) in [6.07, 6.45) is -0.165. The molecular formula is C12H14N2O2S2. The highest BCUT2D eigenvalue weighted by molar-refractivity contribution is 7.15. The van der Waals surface area contributed by atoms with Gasteiger partial charge in [-0.05, 0) is 20.8 Å². The number of anilines is 1. The molecule has 6 heteroatoms. The molecule has 0 radical (unpaired) electrons. The van der Waals surface area contributed by atoms with Gasteiger partial charge in [-0.25, -0.2) is 9.78 Å². The molecule has 0 aliphatic carbocycles. The van der Waals surface area contributed by atoms with Crippen molar-refractivity contribution in [3.8, 4) is 11.3 Å². The fraction of sp³-hybridized carbons (Fsp3) is 0.333. The zero-order valence-electron chi connectivity index (χ0n) is 10.4. The van der Waals surface area contributed by atoms with Crippen LogP contribution in [0.25, 0.3) is 11.3 Å². The lowest BCUT2D eigenvalue weighted by Crippen LogP contribution is -2.13. The molecule has 2 aromatic rings. The van der Waals surface area contributed by atoms with E-state index in [0.29, 0.717) is 10.6 Å². The normalized spacial score (nSPS) is 10.9. The lowest BCUT2D eigenvalue weighted by Gasteiger charge is -2.08. The number of carbonyl (C=O) groups is 1. The Labute approximate surface area is 113 Å².